The fourth-order valence-electron chi connectivity index (χ4n) is 3.35. The molecule has 6 nitrogen and oxygen atoms in total. The van der Waals surface area contributed by atoms with E-state index >= 15 is 0 Å². The topological polar surface area (TPSA) is 53.1 Å². The van der Waals surface area contributed by atoms with Crippen LogP contribution in [0.1, 0.15) is 18.4 Å². The van der Waals surface area contributed by atoms with Gasteiger partial charge >= 0.3 is 6.09 Å². The van der Waals surface area contributed by atoms with Crippen LogP contribution in [-0.4, -0.2) is 72.5 Å². The molecule has 6 heteroatoms. The van der Waals surface area contributed by atoms with Crippen molar-refractivity contribution in [1.82, 2.24) is 14.7 Å². The molecule has 3 rings (SSSR count). The van der Waals surface area contributed by atoms with Gasteiger partial charge in [-0.05, 0) is 32.0 Å². The molecule has 0 spiro atoms. The van der Waals surface area contributed by atoms with Crippen molar-refractivity contribution in [3.8, 4) is 0 Å². The van der Waals surface area contributed by atoms with Gasteiger partial charge in [-0.15, -0.1) is 0 Å². The van der Waals surface area contributed by atoms with Crippen molar-refractivity contribution >= 4 is 12.0 Å². The highest BCUT2D eigenvalue weighted by Gasteiger charge is 2.33. The fourth-order valence-corrected chi connectivity index (χ4v) is 3.35. The number of hydrogen-bond donors (Lipinski definition) is 0. The third kappa shape index (κ3) is 3.87. The van der Waals surface area contributed by atoms with Crippen LogP contribution in [0, 0.1) is 0 Å². The number of carbonyl (C=O) groups excluding carboxylic acids is 2. The van der Waals surface area contributed by atoms with E-state index in [-0.39, 0.29) is 24.6 Å². The van der Waals surface area contributed by atoms with Gasteiger partial charge in [0.25, 0.3) is 0 Å². The fraction of sp³-hybridized carbons (Fsp3) is 0.556. The van der Waals surface area contributed by atoms with Crippen LogP contribution in [0.25, 0.3) is 0 Å². The average molecular weight is 331 g/mol. The summed E-state index contributed by atoms with van der Waals surface area (Å²) in [6, 6.07) is 9.66. The summed E-state index contributed by atoms with van der Waals surface area (Å²) in [6.45, 7) is 3.52. The highest BCUT2D eigenvalue weighted by molar-refractivity contribution is 5.82. The number of likely N-dealkylation sites (N-methyl/N-ethyl adjacent to an activating group) is 1. The maximum absolute atomic E-state index is 12.5. The Bertz CT molecular complexity index is 570. The van der Waals surface area contributed by atoms with Gasteiger partial charge in [-0.1, -0.05) is 30.3 Å². The molecule has 0 N–H and O–H groups in total. The first-order valence-corrected chi connectivity index (χ1v) is 8.60. The maximum atomic E-state index is 12.5. The number of rotatable bonds is 3. The molecule has 0 unspecified atom stereocenters. The molecule has 0 aromatic heterocycles. The van der Waals surface area contributed by atoms with E-state index in [9.17, 15) is 9.59 Å². The van der Waals surface area contributed by atoms with Crippen LogP contribution in [0.15, 0.2) is 30.3 Å². The lowest BCUT2D eigenvalue weighted by atomic mass is 10.2. The van der Waals surface area contributed by atoms with Gasteiger partial charge < -0.3 is 14.5 Å². The highest BCUT2D eigenvalue weighted by atomic mass is 16.6. The van der Waals surface area contributed by atoms with Gasteiger partial charge in [-0.3, -0.25) is 9.69 Å². The SMILES string of the molecule is CN1CCC[C@H]1C(=O)N1CCN(C(=O)OCc2ccccc2)CC1. The van der Waals surface area contributed by atoms with Gasteiger partial charge in [0.05, 0.1) is 6.04 Å². The van der Waals surface area contributed by atoms with Gasteiger partial charge in [-0.2, -0.15) is 0 Å². The standard InChI is InChI=1S/C18H25N3O3/c1-19-9-5-8-16(19)17(22)20-10-12-21(13-11-20)18(23)24-14-15-6-3-2-4-7-15/h2-4,6-7,16H,5,8-14H2,1H3/t16-/m0/s1. The summed E-state index contributed by atoms with van der Waals surface area (Å²) >= 11 is 0. The molecule has 2 fully saturated rings. The van der Waals surface area contributed by atoms with E-state index < -0.39 is 0 Å². The van der Waals surface area contributed by atoms with E-state index in [0.717, 1.165) is 24.9 Å². The number of amides is 2. The first-order chi connectivity index (χ1) is 11.6. The second-order valence-corrected chi connectivity index (χ2v) is 6.49. The molecule has 1 atom stereocenters. The number of benzene rings is 1. The molecule has 2 aliphatic heterocycles. The van der Waals surface area contributed by atoms with Crippen LogP contribution in [0.2, 0.25) is 0 Å². The monoisotopic (exact) mass is 331 g/mol. The molecule has 2 amide bonds. The lowest BCUT2D eigenvalue weighted by molar-refractivity contribution is -0.137. The first-order valence-electron chi connectivity index (χ1n) is 8.60. The van der Waals surface area contributed by atoms with Crippen LogP contribution in [0.4, 0.5) is 4.79 Å². The molecular weight excluding hydrogens is 306 g/mol. The van der Waals surface area contributed by atoms with Gasteiger partial charge in [0, 0.05) is 26.2 Å². The van der Waals surface area contributed by atoms with E-state index in [0.29, 0.717) is 26.2 Å². The van der Waals surface area contributed by atoms with E-state index in [1.54, 1.807) is 4.90 Å². The molecule has 24 heavy (non-hydrogen) atoms. The number of carbonyl (C=O) groups is 2. The minimum Gasteiger partial charge on any atom is -0.445 e. The van der Waals surface area contributed by atoms with Crippen molar-refractivity contribution in [3.05, 3.63) is 35.9 Å². The van der Waals surface area contributed by atoms with Crippen LogP contribution < -0.4 is 0 Å². The molecule has 0 bridgehead atoms. The number of piperazine rings is 1. The lowest BCUT2D eigenvalue weighted by Crippen LogP contribution is -2.54. The molecule has 0 aliphatic carbocycles. The quantitative estimate of drug-likeness (QED) is 0.843. The van der Waals surface area contributed by atoms with Crippen molar-refractivity contribution in [2.24, 2.45) is 0 Å². The molecule has 130 valence electrons. The van der Waals surface area contributed by atoms with Crippen molar-refractivity contribution < 1.29 is 14.3 Å². The Hall–Kier alpha value is -2.08. The van der Waals surface area contributed by atoms with Crippen molar-refractivity contribution in [3.63, 3.8) is 0 Å². The molecule has 2 saturated heterocycles. The van der Waals surface area contributed by atoms with E-state index in [2.05, 4.69) is 4.90 Å². The zero-order valence-electron chi connectivity index (χ0n) is 14.2. The van der Waals surface area contributed by atoms with Crippen LogP contribution in [-0.2, 0) is 16.1 Å². The van der Waals surface area contributed by atoms with E-state index in [4.69, 9.17) is 4.74 Å². The Morgan fingerprint density at radius 1 is 1.04 bits per heavy atom. The Morgan fingerprint density at radius 2 is 1.71 bits per heavy atom. The van der Waals surface area contributed by atoms with Gasteiger partial charge in [0.2, 0.25) is 5.91 Å². The number of hydrogen-bond acceptors (Lipinski definition) is 4. The van der Waals surface area contributed by atoms with Gasteiger partial charge in [-0.25, -0.2) is 4.79 Å². The Balaban J connectivity index is 1.44. The minimum atomic E-state index is -0.302. The molecule has 2 aliphatic rings. The molecule has 0 radical (unpaired) electrons. The summed E-state index contributed by atoms with van der Waals surface area (Å²) < 4.78 is 5.36. The summed E-state index contributed by atoms with van der Waals surface area (Å²) in [5.41, 5.74) is 0.976. The molecule has 2 heterocycles. The van der Waals surface area contributed by atoms with Crippen LogP contribution in [0.3, 0.4) is 0 Å². The van der Waals surface area contributed by atoms with Crippen molar-refractivity contribution in [2.75, 3.05) is 39.8 Å². The van der Waals surface area contributed by atoms with E-state index in [1.165, 1.54) is 0 Å². The normalized spacial score (nSPS) is 21.8. The average Bonchev–Trinajstić information content (AvgIpc) is 3.06. The van der Waals surface area contributed by atoms with Gasteiger partial charge in [0.15, 0.2) is 0 Å². The molecule has 0 saturated carbocycles. The Kier molecular flexibility index (Phi) is 5.35. The first kappa shape index (κ1) is 16.8. The Morgan fingerprint density at radius 3 is 2.33 bits per heavy atom. The third-order valence-electron chi connectivity index (χ3n) is 4.86. The zero-order valence-corrected chi connectivity index (χ0v) is 14.2. The van der Waals surface area contributed by atoms with Crippen LogP contribution >= 0.6 is 0 Å². The predicted octanol–water partition coefficient (Wildman–Crippen LogP) is 1.56. The summed E-state index contributed by atoms with van der Waals surface area (Å²) in [5, 5.41) is 0. The van der Waals surface area contributed by atoms with Crippen LogP contribution in [0.5, 0.6) is 0 Å². The second kappa shape index (κ2) is 7.66. The zero-order chi connectivity index (χ0) is 16.9. The summed E-state index contributed by atoms with van der Waals surface area (Å²) in [6.07, 6.45) is 1.72. The number of nitrogens with zero attached hydrogens (tertiary/aromatic N) is 3. The van der Waals surface area contributed by atoms with Crippen molar-refractivity contribution in [1.29, 1.82) is 0 Å². The van der Waals surface area contributed by atoms with E-state index in [1.807, 2.05) is 42.3 Å². The van der Waals surface area contributed by atoms with Crippen molar-refractivity contribution in [2.45, 2.75) is 25.5 Å². The smallest absolute Gasteiger partial charge is 0.410 e. The largest absolute Gasteiger partial charge is 0.445 e. The number of likely N-dealkylation sites (tertiary alicyclic amines) is 1. The summed E-state index contributed by atoms with van der Waals surface area (Å²) in [4.78, 5) is 30.4. The minimum absolute atomic E-state index is 0.0154. The summed E-state index contributed by atoms with van der Waals surface area (Å²) in [5.74, 6) is 0.201. The molecule has 1 aromatic rings. The summed E-state index contributed by atoms with van der Waals surface area (Å²) in [7, 11) is 2.01. The second-order valence-electron chi connectivity index (χ2n) is 6.49. The highest BCUT2D eigenvalue weighted by Crippen LogP contribution is 2.18. The third-order valence-corrected chi connectivity index (χ3v) is 4.86. The lowest BCUT2D eigenvalue weighted by Gasteiger charge is -2.36. The van der Waals surface area contributed by atoms with Gasteiger partial charge in [0.1, 0.15) is 6.61 Å². The number of ether oxygens (including phenoxy) is 1. The molecular formula is C18H25N3O3. The molecule has 1 aromatic carbocycles. The predicted molar refractivity (Wildman–Crippen MR) is 90.4 cm³/mol. The maximum Gasteiger partial charge on any atom is 0.410 e. The Labute approximate surface area is 143 Å².